The summed E-state index contributed by atoms with van der Waals surface area (Å²) in [6.07, 6.45) is -3.59. The van der Waals surface area contributed by atoms with Gasteiger partial charge in [-0.15, -0.1) is 11.6 Å². The molecule has 1 heterocycles. The van der Waals surface area contributed by atoms with Crippen molar-refractivity contribution in [3.8, 4) is 28.6 Å². The van der Waals surface area contributed by atoms with Crippen LogP contribution < -0.4 is 9.47 Å². The summed E-state index contributed by atoms with van der Waals surface area (Å²) in [6.45, 7) is 0.565. The van der Waals surface area contributed by atoms with Gasteiger partial charge >= 0.3 is 6.18 Å². The molecule has 0 saturated carbocycles. The number of benzene rings is 3. The fraction of sp³-hybridized carbons (Fsp3) is 0.167. The van der Waals surface area contributed by atoms with Crippen LogP contribution in [0.25, 0.3) is 22.3 Å². The predicted octanol–water partition coefficient (Wildman–Crippen LogP) is 7.92. The van der Waals surface area contributed by atoms with E-state index in [0.717, 1.165) is 35.3 Å². The maximum Gasteiger partial charge on any atom is 0.416 e. The second-order valence-electron chi connectivity index (χ2n) is 6.85. The van der Waals surface area contributed by atoms with Crippen LogP contribution in [0.5, 0.6) is 17.2 Å². The van der Waals surface area contributed by atoms with E-state index in [1.54, 1.807) is 18.2 Å². The highest BCUT2D eigenvalue weighted by atomic mass is 35.5. The summed E-state index contributed by atoms with van der Waals surface area (Å²) >= 11 is 5.65. The lowest BCUT2D eigenvalue weighted by atomic mass is 10.1. The first-order valence-corrected chi connectivity index (χ1v) is 10.1. The van der Waals surface area contributed by atoms with Crippen molar-refractivity contribution in [3.05, 3.63) is 78.4 Å². The molecule has 0 fully saturated rings. The van der Waals surface area contributed by atoms with E-state index in [-0.39, 0.29) is 0 Å². The molecule has 0 bridgehead atoms. The summed E-state index contributed by atoms with van der Waals surface area (Å²) in [6, 6.07) is 19.3. The van der Waals surface area contributed by atoms with Crippen LogP contribution in [0.4, 0.5) is 13.2 Å². The van der Waals surface area contributed by atoms with Gasteiger partial charge in [0.15, 0.2) is 0 Å². The van der Waals surface area contributed by atoms with Crippen LogP contribution in [-0.2, 0) is 6.18 Å². The minimum absolute atomic E-state index is 0.320. The van der Waals surface area contributed by atoms with Crippen LogP contribution in [0.1, 0.15) is 12.0 Å². The monoisotopic (exact) mass is 446 g/mol. The van der Waals surface area contributed by atoms with Gasteiger partial charge in [0, 0.05) is 16.8 Å². The van der Waals surface area contributed by atoms with Crippen LogP contribution in [0.15, 0.2) is 77.2 Å². The van der Waals surface area contributed by atoms with E-state index in [1.165, 1.54) is 12.1 Å². The van der Waals surface area contributed by atoms with Crippen LogP contribution in [0, 0.1) is 0 Å². The van der Waals surface area contributed by atoms with Gasteiger partial charge in [0.25, 0.3) is 0 Å². The number of furan rings is 1. The van der Waals surface area contributed by atoms with E-state index in [1.807, 2.05) is 30.3 Å². The molecule has 4 aromatic rings. The average molecular weight is 447 g/mol. The maximum absolute atomic E-state index is 12.7. The molecule has 1 aromatic heterocycles. The van der Waals surface area contributed by atoms with Gasteiger partial charge < -0.3 is 13.9 Å². The van der Waals surface area contributed by atoms with Gasteiger partial charge in [0.05, 0.1) is 12.2 Å². The normalized spacial score (nSPS) is 11.6. The Hall–Kier alpha value is -3.12. The lowest BCUT2D eigenvalue weighted by Gasteiger charge is -2.09. The third kappa shape index (κ3) is 5.14. The third-order valence-electron chi connectivity index (χ3n) is 4.59. The predicted molar refractivity (Wildman–Crippen MR) is 114 cm³/mol. The van der Waals surface area contributed by atoms with E-state index in [9.17, 15) is 13.2 Å². The van der Waals surface area contributed by atoms with Gasteiger partial charge in [-0.2, -0.15) is 13.2 Å². The lowest BCUT2D eigenvalue weighted by molar-refractivity contribution is -0.137. The van der Waals surface area contributed by atoms with Crippen molar-refractivity contribution in [2.75, 3.05) is 12.5 Å². The minimum atomic E-state index is -4.38. The molecular weight excluding hydrogens is 429 g/mol. The van der Waals surface area contributed by atoms with Gasteiger partial charge in [0.2, 0.25) is 0 Å². The Morgan fingerprint density at radius 1 is 0.806 bits per heavy atom. The standard InChI is InChI=1S/C24H18ClF3O3/c25-12-1-13-29-19-6-2-16(3-7-19)23-15-17-14-21(10-11-22(17)31-23)30-20-8-4-18(5-9-20)24(26,27)28/h2-11,14-15H,1,12-13H2. The molecule has 0 radical (unpaired) electrons. The molecule has 3 aromatic carbocycles. The molecule has 160 valence electrons. The Bertz CT molecular complexity index is 1150. The van der Waals surface area contributed by atoms with Gasteiger partial charge in [-0.3, -0.25) is 0 Å². The van der Waals surface area contributed by atoms with E-state index in [4.69, 9.17) is 25.5 Å². The second-order valence-corrected chi connectivity index (χ2v) is 7.23. The van der Waals surface area contributed by atoms with Crippen molar-refractivity contribution in [2.24, 2.45) is 0 Å². The fourth-order valence-corrected chi connectivity index (χ4v) is 3.14. The highest BCUT2D eigenvalue weighted by Gasteiger charge is 2.30. The molecule has 0 unspecified atom stereocenters. The van der Waals surface area contributed by atoms with E-state index in [2.05, 4.69) is 0 Å². The Labute approximate surface area is 182 Å². The number of hydrogen-bond donors (Lipinski definition) is 0. The first-order chi connectivity index (χ1) is 14.9. The minimum Gasteiger partial charge on any atom is -0.494 e. The SMILES string of the molecule is FC(F)(F)c1ccc(Oc2ccc3oc(-c4ccc(OCCCCl)cc4)cc3c2)cc1. The number of fused-ring (bicyclic) bond motifs is 1. The Kier molecular flexibility index (Phi) is 6.09. The molecule has 0 aliphatic rings. The second kappa shape index (κ2) is 8.94. The highest BCUT2D eigenvalue weighted by molar-refractivity contribution is 6.17. The van der Waals surface area contributed by atoms with Gasteiger partial charge in [-0.05, 0) is 79.2 Å². The highest BCUT2D eigenvalue weighted by Crippen LogP contribution is 2.34. The number of halogens is 4. The van der Waals surface area contributed by atoms with Crippen molar-refractivity contribution in [3.63, 3.8) is 0 Å². The molecule has 0 saturated heterocycles. The quantitative estimate of drug-likeness (QED) is 0.213. The van der Waals surface area contributed by atoms with Gasteiger partial charge in [0.1, 0.15) is 28.6 Å². The van der Waals surface area contributed by atoms with E-state index < -0.39 is 11.7 Å². The topological polar surface area (TPSA) is 31.6 Å². The largest absolute Gasteiger partial charge is 0.494 e. The molecule has 0 spiro atoms. The molecule has 0 amide bonds. The van der Waals surface area contributed by atoms with Gasteiger partial charge in [-0.1, -0.05) is 0 Å². The van der Waals surface area contributed by atoms with Crippen molar-refractivity contribution in [2.45, 2.75) is 12.6 Å². The van der Waals surface area contributed by atoms with Crippen molar-refractivity contribution < 1.29 is 27.1 Å². The summed E-state index contributed by atoms with van der Waals surface area (Å²) in [5.41, 5.74) is 0.855. The first-order valence-electron chi connectivity index (χ1n) is 9.60. The Balaban J connectivity index is 1.49. The van der Waals surface area contributed by atoms with E-state index in [0.29, 0.717) is 35.3 Å². The Morgan fingerprint density at radius 3 is 2.16 bits per heavy atom. The zero-order chi connectivity index (χ0) is 21.8. The van der Waals surface area contributed by atoms with Crippen LogP contribution in [0.2, 0.25) is 0 Å². The van der Waals surface area contributed by atoms with Crippen LogP contribution in [-0.4, -0.2) is 12.5 Å². The molecule has 3 nitrogen and oxygen atoms in total. The zero-order valence-electron chi connectivity index (χ0n) is 16.3. The maximum atomic E-state index is 12.7. The number of rotatable bonds is 7. The number of alkyl halides is 4. The summed E-state index contributed by atoms with van der Waals surface area (Å²) in [7, 11) is 0. The first kappa shape index (κ1) is 21.1. The molecule has 0 aliphatic carbocycles. The van der Waals surface area contributed by atoms with Crippen molar-refractivity contribution >= 4 is 22.6 Å². The van der Waals surface area contributed by atoms with Crippen LogP contribution in [0.3, 0.4) is 0 Å². The van der Waals surface area contributed by atoms with Crippen LogP contribution >= 0.6 is 11.6 Å². The van der Waals surface area contributed by atoms with Crippen molar-refractivity contribution in [1.82, 2.24) is 0 Å². The lowest BCUT2D eigenvalue weighted by Crippen LogP contribution is -2.03. The molecule has 0 N–H and O–H groups in total. The summed E-state index contributed by atoms with van der Waals surface area (Å²) in [5.74, 6) is 2.83. The average Bonchev–Trinajstić information content (AvgIpc) is 3.18. The summed E-state index contributed by atoms with van der Waals surface area (Å²) < 4.78 is 55.3. The van der Waals surface area contributed by atoms with Crippen molar-refractivity contribution in [1.29, 1.82) is 0 Å². The van der Waals surface area contributed by atoms with E-state index >= 15 is 0 Å². The molecule has 7 heteroatoms. The molecule has 0 aliphatic heterocycles. The third-order valence-corrected chi connectivity index (χ3v) is 4.86. The summed E-state index contributed by atoms with van der Waals surface area (Å²) in [4.78, 5) is 0. The Morgan fingerprint density at radius 2 is 1.48 bits per heavy atom. The molecule has 0 atom stereocenters. The number of hydrogen-bond acceptors (Lipinski definition) is 3. The smallest absolute Gasteiger partial charge is 0.416 e. The van der Waals surface area contributed by atoms with Gasteiger partial charge in [-0.25, -0.2) is 0 Å². The molecule has 31 heavy (non-hydrogen) atoms. The summed E-state index contributed by atoms with van der Waals surface area (Å²) in [5, 5.41) is 0.821. The zero-order valence-corrected chi connectivity index (χ0v) is 17.0. The fourth-order valence-electron chi connectivity index (χ4n) is 3.04. The molecular formula is C24H18ClF3O3. The molecule has 4 rings (SSSR count). The number of ether oxygens (including phenoxy) is 2.